The molecule has 0 fully saturated rings. The zero-order valence-corrected chi connectivity index (χ0v) is 13.0. The van der Waals surface area contributed by atoms with Gasteiger partial charge in [-0.05, 0) is 68.5 Å². The van der Waals surface area contributed by atoms with Gasteiger partial charge in [-0.3, -0.25) is 0 Å². The average Bonchev–Trinajstić information content (AvgIpc) is 2.92. The Morgan fingerprint density at radius 3 is 2.55 bits per heavy atom. The second kappa shape index (κ2) is 6.76. The zero-order chi connectivity index (χ0) is 14.5. The molecule has 1 heterocycles. The van der Waals surface area contributed by atoms with Crippen molar-refractivity contribution >= 4 is 0 Å². The summed E-state index contributed by atoms with van der Waals surface area (Å²) in [6.45, 7) is 9.71. The third-order valence-electron chi connectivity index (χ3n) is 4.00. The van der Waals surface area contributed by atoms with Crippen molar-refractivity contribution in [3.05, 3.63) is 58.5 Å². The summed E-state index contributed by atoms with van der Waals surface area (Å²) in [5.74, 6) is 1.07. The Morgan fingerprint density at radius 2 is 1.85 bits per heavy atom. The maximum absolute atomic E-state index is 5.37. The van der Waals surface area contributed by atoms with E-state index in [1.165, 1.54) is 22.3 Å². The van der Waals surface area contributed by atoms with Crippen LogP contribution in [0.5, 0.6) is 0 Å². The highest BCUT2D eigenvalue weighted by Gasteiger charge is 2.06. The second-order valence-corrected chi connectivity index (χ2v) is 5.76. The third kappa shape index (κ3) is 3.97. The number of rotatable bonds is 6. The van der Waals surface area contributed by atoms with Gasteiger partial charge in [0, 0.05) is 19.0 Å². The standard InChI is InChI=1S/C18H25NO/c1-13-10-15(3)17(11-14(13)2)12-19-16(4)7-8-18-6-5-9-20-18/h5-6,9-11,16,19H,7-8,12H2,1-4H3. The summed E-state index contributed by atoms with van der Waals surface area (Å²) in [5.41, 5.74) is 5.52. The molecule has 0 saturated heterocycles. The molecule has 2 heteroatoms. The number of hydrogen-bond donors (Lipinski definition) is 1. The summed E-state index contributed by atoms with van der Waals surface area (Å²) >= 11 is 0. The van der Waals surface area contributed by atoms with E-state index >= 15 is 0 Å². The first-order valence-electron chi connectivity index (χ1n) is 7.38. The van der Waals surface area contributed by atoms with Crippen molar-refractivity contribution in [1.29, 1.82) is 0 Å². The molecule has 0 amide bonds. The van der Waals surface area contributed by atoms with Crippen LogP contribution >= 0.6 is 0 Å². The molecule has 1 aromatic carbocycles. The molecular weight excluding hydrogens is 246 g/mol. The summed E-state index contributed by atoms with van der Waals surface area (Å²) in [6, 6.07) is 9.06. The predicted octanol–water partition coefficient (Wildman–Crippen LogP) is 4.32. The van der Waals surface area contributed by atoms with Gasteiger partial charge in [0.2, 0.25) is 0 Å². The summed E-state index contributed by atoms with van der Waals surface area (Å²) in [7, 11) is 0. The average molecular weight is 271 g/mol. The first kappa shape index (κ1) is 14.9. The maximum atomic E-state index is 5.37. The van der Waals surface area contributed by atoms with Crippen molar-refractivity contribution in [1.82, 2.24) is 5.32 Å². The predicted molar refractivity (Wildman–Crippen MR) is 84.0 cm³/mol. The molecule has 0 aliphatic carbocycles. The molecule has 0 radical (unpaired) electrons. The van der Waals surface area contributed by atoms with E-state index in [0.29, 0.717) is 6.04 Å². The van der Waals surface area contributed by atoms with Gasteiger partial charge in [0.1, 0.15) is 5.76 Å². The summed E-state index contributed by atoms with van der Waals surface area (Å²) < 4.78 is 5.37. The van der Waals surface area contributed by atoms with Gasteiger partial charge < -0.3 is 9.73 Å². The molecule has 20 heavy (non-hydrogen) atoms. The molecular formula is C18H25NO. The lowest BCUT2D eigenvalue weighted by molar-refractivity contribution is 0.459. The topological polar surface area (TPSA) is 25.2 Å². The molecule has 0 aliphatic rings. The number of benzene rings is 1. The lowest BCUT2D eigenvalue weighted by atomic mass is 10.0. The highest BCUT2D eigenvalue weighted by molar-refractivity contribution is 5.36. The highest BCUT2D eigenvalue weighted by Crippen LogP contribution is 2.15. The van der Waals surface area contributed by atoms with Gasteiger partial charge in [-0.1, -0.05) is 12.1 Å². The minimum absolute atomic E-state index is 0.487. The van der Waals surface area contributed by atoms with Crippen molar-refractivity contribution in [2.24, 2.45) is 0 Å². The quantitative estimate of drug-likeness (QED) is 0.846. The lowest BCUT2D eigenvalue weighted by Crippen LogP contribution is -2.26. The van der Waals surface area contributed by atoms with Crippen LogP contribution in [0.2, 0.25) is 0 Å². The van der Waals surface area contributed by atoms with Crippen molar-refractivity contribution in [2.45, 2.75) is 53.1 Å². The molecule has 0 aliphatic heterocycles. The summed E-state index contributed by atoms with van der Waals surface area (Å²) in [6.07, 6.45) is 3.83. The fourth-order valence-corrected chi connectivity index (χ4v) is 2.41. The fourth-order valence-electron chi connectivity index (χ4n) is 2.41. The SMILES string of the molecule is Cc1cc(C)c(CNC(C)CCc2ccco2)cc1C. The molecule has 108 valence electrons. The molecule has 2 rings (SSSR count). The van der Waals surface area contributed by atoms with E-state index in [1.54, 1.807) is 6.26 Å². The fraction of sp³-hybridized carbons (Fsp3) is 0.444. The van der Waals surface area contributed by atoms with Crippen molar-refractivity contribution in [3.63, 3.8) is 0 Å². The van der Waals surface area contributed by atoms with E-state index in [9.17, 15) is 0 Å². The first-order chi connectivity index (χ1) is 9.56. The van der Waals surface area contributed by atoms with Gasteiger partial charge in [0.25, 0.3) is 0 Å². The Hall–Kier alpha value is -1.54. The molecule has 2 nitrogen and oxygen atoms in total. The highest BCUT2D eigenvalue weighted by atomic mass is 16.3. The molecule has 0 bridgehead atoms. The molecule has 1 unspecified atom stereocenters. The minimum atomic E-state index is 0.487. The van der Waals surface area contributed by atoms with E-state index in [0.717, 1.165) is 25.1 Å². The van der Waals surface area contributed by atoms with E-state index < -0.39 is 0 Å². The Balaban J connectivity index is 1.84. The first-order valence-corrected chi connectivity index (χ1v) is 7.38. The van der Waals surface area contributed by atoms with E-state index in [1.807, 2.05) is 12.1 Å². The van der Waals surface area contributed by atoms with Crippen LogP contribution in [0.25, 0.3) is 0 Å². The van der Waals surface area contributed by atoms with Crippen LogP contribution in [0.4, 0.5) is 0 Å². The Morgan fingerprint density at radius 1 is 1.10 bits per heavy atom. The van der Waals surface area contributed by atoms with E-state index in [4.69, 9.17) is 4.42 Å². The van der Waals surface area contributed by atoms with E-state index in [-0.39, 0.29) is 0 Å². The van der Waals surface area contributed by atoms with Gasteiger partial charge in [0.05, 0.1) is 6.26 Å². The van der Waals surface area contributed by atoms with Crippen LogP contribution in [-0.4, -0.2) is 6.04 Å². The van der Waals surface area contributed by atoms with Crippen LogP contribution in [0.15, 0.2) is 34.9 Å². The van der Waals surface area contributed by atoms with Crippen molar-refractivity contribution in [2.75, 3.05) is 0 Å². The molecule has 1 aromatic heterocycles. The molecule has 0 saturated carbocycles. The van der Waals surface area contributed by atoms with Gasteiger partial charge in [-0.2, -0.15) is 0 Å². The molecule has 0 spiro atoms. The minimum Gasteiger partial charge on any atom is -0.469 e. The van der Waals surface area contributed by atoms with Crippen molar-refractivity contribution in [3.8, 4) is 0 Å². The van der Waals surface area contributed by atoms with Gasteiger partial charge in [-0.25, -0.2) is 0 Å². The van der Waals surface area contributed by atoms with Crippen LogP contribution in [-0.2, 0) is 13.0 Å². The number of furan rings is 1. The normalized spacial score (nSPS) is 12.6. The summed E-state index contributed by atoms with van der Waals surface area (Å²) in [5, 5.41) is 3.61. The number of hydrogen-bond acceptors (Lipinski definition) is 2. The Kier molecular flexibility index (Phi) is 5.02. The number of nitrogens with one attached hydrogen (secondary N) is 1. The maximum Gasteiger partial charge on any atom is 0.103 e. The lowest BCUT2D eigenvalue weighted by Gasteiger charge is -2.15. The Labute approximate surface area is 122 Å². The van der Waals surface area contributed by atoms with Gasteiger partial charge in [-0.15, -0.1) is 0 Å². The molecule has 2 aromatic rings. The zero-order valence-electron chi connectivity index (χ0n) is 13.0. The van der Waals surface area contributed by atoms with Crippen LogP contribution < -0.4 is 5.32 Å². The second-order valence-electron chi connectivity index (χ2n) is 5.76. The largest absolute Gasteiger partial charge is 0.469 e. The summed E-state index contributed by atoms with van der Waals surface area (Å²) in [4.78, 5) is 0. The third-order valence-corrected chi connectivity index (χ3v) is 4.00. The van der Waals surface area contributed by atoms with Gasteiger partial charge in [0.15, 0.2) is 0 Å². The number of aryl methyl sites for hydroxylation is 4. The molecule has 1 atom stereocenters. The van der Waals surface area contributed by atoms with Crippen LogP contribution in [0.1, 0.15) is 41.4 Å². The van der Waals surface area contributed by atoms with E-state index in [2.05, 4.69) is 45.1 Å². The Bertz CT molecular complexity index is 543. The van der Waals surface area contributed by atoms with Crippen LogP contribution in [0.3, 0.4) is 0 Å². The van der Waals surface area contributed by atoms with Gasteiger partial charge >= 0.3 is 0 Å². The monoisotopic (exact) mass is 271 g/mol. The van der Waals surface area contributed by atoms with Crippen molar-refractivity contribution < 1.29 is 4.42 Å². The van der Waals surface area contributed by atoms with Crippen LogP contribution in [0, 0.1) is 20.8 Å². The molecule has 1 N–H and O–H groups in total. The smallest absolute Gasteiger partial charge is 0.103 e.